The van der Waals surface area contributed by atoms with Gasteiger partial charge in [-0.15, -0.1) is 11.3 Å². The van der Waals surface area contributed by atoms with E-state index in [0.717, 1.165) is 0 Å². The maximum atomic E-state index is 6.92. The Morgan fingerprint density at radius 1 is 0.880 bits per heavy atom. The second-order valence-corrected chi connectivity index (χ2v) is 14.9. The molecule has 2 aromatic carbocycles. The van der Waals surface area contributed by atoms with E-state index in [-0.39, 0.29) is 0 Å². The third-order valence-corrected chi connectivity index (χ3v) is 9.15. The first-order valence-electron chi connectivity index (χ1n) is 8.61. The van der Waals surface area contributed by atoms with Crippen molar-refractivity contribution in [2.45, 2.75) is 25.6 Å². The van der Waals surface area contributed by atoms with Crippen LogP contribution in [-0.4, -0.2) is 7.38 Å². The fraction of sp³-hybridized carbons (Fsp3) is 0.182. The Kier molecular flexibility index (Phi) is 4.23. The molecule has 0 amide bonds. The van der Waals surface area contributed by atoms with Gasteiger partial charge < -0.3 is 0 Å². The Hall–Kier alpha value is -1.61. The Balaban J connectivity index is 2.00. The van der Waals surface area contributed by atoms with Crippen molar-refractivity contribution in [3.8, 4) is 21.6 Å². The van der Waals surface area contributed by atoms with Crippen LogP contribution in [0.5, 0.6) is 0 Å². The fourth-order valence-corrected chi connectivity index (χ4v) is 9.30. The molecule has 0 aliphatic heterocycles. The normalized spacial score (nSPS) is 16.6. The summed E-state index contributed by atoms with van der Waals surface area (Å²) < 4.78 is 0. The lowest BCUT2D eigenvalue weighted by Gasteiger charge is -2.23. The molecule has 0 spiro atoms. The molecule has 0 saturated heterocycles. The smallest absolute Gasteiger partial charge is 0.162 e. The van der Waals surface area contributed by atoms with Crippen molar-refractivity contribution in [2.24, 2.45) is 0 Å². The van der Waals surface area contributed by atoms with Gasteiger partial charge >= 0.3 is 0 Å². The largest absolute Gasteiger partial charge is 0.167 e. The molecule has 1 aromatic heterocycles. The van der Waals surface area contributed by atoms with Crippen LogP contribution in [0.4, 0.5) is 0 Å². The van der Waals surface area contributed by atoms with Crippen molar-refractivity contribution in [3.05, 3.63) is 76.7 Å². The molecular weight excluding hydrogens is 360 g/mol. The fourth-order valence-electron chi connectivity index (χ4n) is 3.87. The summed E-state index contributed by atoms with van der Waals surface area (Å²) in [5.74, 6) is 0. The van der Waals surface area contributed by atoms with Crippen molar-refractivity contribution < 1.29 is 0 Å². The van der Waals surface area contributed by atoms with Gasteiger partial charge in [0.15, 0.2) is 7.38 Å². The molecule has 3 aromatic rings. The zero-order valence-electron chi connectivity index (χ0n) is 14.7. The van der Waals surface area contributed by atoms with Crippen LogP contribution < -0.4 is 0 Å². The van der Waals surface area contributed by atoms with Crippen molar-refractivity contribution in [2.75, 3.05) is 0 Å². The van der Waals surface area contributed by atoms with Crippen LogP contribution in [0.25, 0.3) is 27.6 Å². The Morgan fingerprint density at radius 3 is 2.00 bits per heavy atom. The molecule has 25 heavy (non-hydrogen) atoms. The number of rotatable bonds is 3. The van der Waals surface area contributed by atoms with E-state index in [9.17, 15) is 0 Å². The van der Waals surface area contributed by atoms with E-state index in [1.165, 1.54) is 37.6 Å². The molecule has 126 valence electrons. The number of benzene rings is 2. The van der Waals surface area contributed by atoms with Crippen LogP contribution in [0.2, 0.25) is 13.1 Å². The second kappa shape index (κ2) is 6.28. The van der Waals surface area contributed by atoms with Crippen molar-refractivity contribution in [1.29, 1.82) is 0 Å². The maximum absolute atomic E-state index is 6.92. The summed E-state index contributed by atoms with van der Waals surface area (Å²) >= 11 is 8.85. The molecule has 1 atom stereocenters. The highest BCUT2D eigenvalue weighted by Gasteiger charge is 2.40. The average Bonchev–Trinajstić information content (AvgIpc) is 3.10. The minimum atomic E-state index is -1.84. The Bertz CT molecular complexity index is 933. The van der Waals surface area contributed by atoms with Gasteiger partial charge in [-0.1, -0.05) is 85.4 Å². The third-order valence-electron chi connectivity index (χ3n) is 4.85. The van der Waals surface area contributed by atoms with Crippen molar-refractivity contribution >= 4 is 35.9 Å². The molecule has 0 radical (unpaired) electrons. The van der Waals surface area contributed by atoms with Crippen LogP contribution in [0.3, 0.4) is 0 Å². The van der Waals surface area contributed by atoms with Gasteiger partial charge in [0.2, 0.25) is 0 Å². The van der Waals surface area contributed by atoms with Gasteiger partial charge in [-0.05, 0) is 23.6 Å². The van der Waals surface area contributed by atoms with Crippen LogP contribution in [-0.2, 0) is 0 Å². The van der Waals surface area contributed by atoms with E-state index in [0.29, 0.717) is 5.54 Å². The highest BCUT2D eigenvalue weighted by molar-refractivity contribution is 7.23. The van der Waals surface area contributed by atoms with E-state index in [1.54, 1.807) is 0 Å². The van der Waals surface area contributed by atoms with Gasteiger partial charge in [0.25, 0.3) is 0 Å². The number of thiophene rings is 1. The van der Waals surface area contributed by atoms with Gasteiger partial charge in [0, 0.05) is 20.9 Å². The Morgan fingerprint density at radius 2 is 1.44 bits per heavy atom. The first kappa shape index (κ1) is 16.8. The van der Waals surface area contributed by atoms with E-state index < -0.39 is 7.38 Å². The van der Waals surface area contributed by atoms with Crippen LogP contribution >= 0.6 is 22.4 Å². The van der Waals surface area contributed by atoms with Gasteiger partial charge in [-0.3, -0.25) is 0 Å². The number of allylic oxidation sites excluding steroid dienone is 1. The molecular formula is C22H21ClSSi. The zero-order chi connectivity index (χ0) is 17.6. The van der Waals surface area contributed by atoms with Crippen LogP contribution in [0.15, 0.2) is 66.2 Å². The standard InChI is InChI=1S/C22H21ClSSi/c1-15-14-18-19(16-10-6-4-7-11-16)20(17-12-8-5-9-13-17)24-21(18)22(15)25(2,3)23/h4-14,22H,1-3H3. The maximum Gasteiger partial charge on any atom is 0.162 e. The molecule has 3 heteroatoms. The van der Waals surface area contributed by atoms with Gasteiger partial charge in [0.1, 0.15) is 0 Å². The minimum Gasteiger partial charge on any atom is -0.167 e. The summed E-state index contributed by atoms with van der Waals surface area (Å²) in [5, 5.41) is 0. The molecule has 1 unspecified atom stereocenters. The van der Waals surface area contributed by atoms with Crippen LogP contribution in [0.1, 0.15) is 22.9 Å². The first-order chi connectivity index (χ1) is 12.0. The predicted octanol–water partition coefficient (Wildman–Crippen LogP) is 7.57. The lowest BCUT2D eigenvalue weighted by atomic mass is 9.98. The number of fused-ring (bicyclic) bond motifs is 1. The number of hydrogen-bond acceptors (Lipinski definition) is 1. The van der Waals surface area contributed by atoms with Crippen LogP contribution in [0, 0.1) is 0 Å². The molecule has 4 rings (SSSR count). The third kappa shape index (κ3) is 2.93. The lowest BCUT2D eigenvalue weighted by Crippen LogP contribution is -2.27. The van der Waals surface area contributed by atoms with E-state index >= 15 is 0 Å². The summed E-state index contributed by atoms with van der Waals surface area (Å²) in [6, 6.07) is 21.5. The number of halogens is 1. The minimum absolute atomic E-state index is 0.411. The zero-order valence-corrected chi connectivity index (χ0v) is 17.3. The quantitative estimate of drug-likeness (QED) is 0.324. The monoisotopic (exact) mass is 380 g/mol. The highest BCUT2D eigenvalue weighted by Crippen LogP contribution is 2.54. The van der Waals surface area contributed by atoms with E-state index in [4.69, 9.17) is 11.1 Å². The van der Waals surface area contributed by atoms with Crippen molar-refractivity contribution in [3.63, 3.8) is 0 Å². The summed E-state index contributed by atoms with van der Waals surface area (Å²) in [7, 11) is -1.84. The molecule has 0 saturated carbocycles. The summed E-state index contributed by atoms with van der Waals surface area (Å²) in [5.41, 5.74) is 7.17. The molecule has 0 N–H and O–H groups in total. The van der Waals surface area contributed by atoms with E-state index in [2.05, 4.69) is 86.8 Å². The second-order valence-electron chi connectivity index (χ2n) is 7.20. The molecule has 1 aliphatic rings. The molecule has 0 bridgehead atoms. The summed E-state index contributed by atoms with van der Waals surface area (Å²) in [6.07, 6.45) is 2.38. The topological polar surface area (TPSA) is 0 Å². The average molecular weight is 381 g/mol. The molecule has 1 aliphatic carbocycles. The lowest BCUT2D eigenvalue weighted by molar-refractivity contribution is 1.13. The number of hydrogen-bond donors (Lipinski definition) is 0. The summed E-state index contributed by atoms with van der Waals surface area (Å²) in [4.78, 5) is 2.82. The molecule has 0 nitrogen and oxygen atoms in total. The summed E-state index contributed by atoms with van der Waals surface area (Å²) in [6.45, 7) is 6.76. The van der Waals surface area contributed by atoms with Crippen molar-refractivity contribution in [1.82, 2.24) is 0 Å². The van der Waals surface area contributed by atoms with Gasteiger partial charge in [-0.25, -0.2) is 0 Å². The van der Waals surface area contributed by atoms with Gasteiger partial charge in [-0.2, -0.15) is 11.1 Å². The highest BCUT2D eigenvalue weighted by atomic mass is 35.6. The van der Waals surface area contributed by atoms with E-state index in [1.807, 2.05) is 11.3 Å². The molecule has 1 heterocycles. The molecule has 0 fully saturated rings. The SMILES string of the molecule is CC1=Cc2c(sc(-c3ccccc3)c2-c2ccccc2)C1[Si](C)(C)Cl. The first-order valence-corrected chi connectivity index (χ1v) is 13.5. The van der Waals surface area contributed by atoms with Gasteiger partial charge in [0.05, 0.1) is 0 Å². The Labute approximate surface area is 159 Å². The predicted molar refractivity (Wildman–Crippen MR) is 115 cm³/mol.